The third kappa shape index (κ3) is 1.69. The molecule has 10 heavy (non-hydrogen) atoms. The largest absolute Gasteiger partial charge is 0.211 e. The van der Waals surface area contributed by atoms with Crippen molar-refractivity contribution in [3.05, 3.63) is 22.5 Å². The lowest BCUT2D eigenvalue weighted by Crippen LogP contribution is -2.01. The van der Waals surface area contributed by atoms with Crippen LogP contribution >= 0.6 is 15.9 Å². The van der Waals surface area contributed by atoms with Gasteiger partial charge in [0.25, 0.3) is 0 Å². The summed E-state index contributed by atoms with van der Waals surface area (Å²) < 4.78 is 13.8. The molecule has 0 N–H and O–H groups in total. The van der Waals surface area contributed by atoms with Crippen molar-refractivity contribution in [1.82, 2.24) is 0 Å². The van der Waals surface area contributed by atoms with E-state index in [1.165, 1.54) is 0 Å². The molecular formula is C8H10BrF. The van der Waals surface area contributed by atoms with Gasteiger partial charge in [-0.15, -0.1) is 0 Å². The molecule has 1 unspecified atom stereocenters. The van der Waals surface area contributed by atoms with Gasteiger partial charge in [0.1, 0.15) is 5.83 Å². The van der Waals surface area contributed by atoms with E-state index in [9.17, 15) is 4.39 Å². The minimum Gasteiger partial charge on any atom is -0.211 e. The van der Waals surface area contributed by atoms with Gasteiger partial charge in [-0.05, 0) is 18.9 Å². The van der Waals surface area contributed by atoms with Crippen LogP contribution in [0.15, 0.2) is 22.5 Å². The second-order valence-electron chi connectivity index (χ2n) is 2.46. The SMILES string of the molecule is CCC1CC=C(Br)C=C1F. The Balaban J connectivity index is 2.68. The Bertz CT molecular complexity index is 182. The van der Waals surface area contributed by atoms with E-state index < -0.39 is 0 Å². The maximum Gasteiger partial charge on any atom is 0.104 e. The van der Waals surface area contributed by atoms with Gasteiger partial charge < -0.3 is 0 Å². The molecular weight excluding hydrogens is 195 g/mol. The molecule has 1 aliphatic carbocycles. The van der Waals surface area contributed by atoms with Crippen molar-refractivity contribution in [2.45, 2.75) is 19.8 Å². The molecule has 0 aromatic rings. The lowest BCUT2D eigenvalue weighted by molar-refractivity contribution is 0.452. The Morgan fingerprint density at radius 3 is 3.00 bits per heavy atom. The van der Waals surface area contributed by atoms with Gasteiger partial charge in [-0.1, -0.05) is 28.9 Å². The first-order chi connectivity index (χ1) is 4.74. The first kappa shape index (κ1) is 7.99. The van der Waals surface area contributed by atoms with Gasteiger partial charge in [0.05, 0.1) is 0 Å². The molecule has 56 valence electrons. The molecule has 0 fully saturated rings. The van der Waals surface area contributed by atoms with Gasteiger partial charge in [-0.3, -0.25) is 0 Å². The van der Waals surface area contributed by atoms with Crippen molar-refractivity contribution in [2.75, 3.05) is 0 Å². The van der Waals surface area contributed by atoms with Gasteiger partial charge in [0.15, 0.2) is 0 Å². The Labute approximate surface area is 68.9 Å². The molecule has 2 heteroatoms. The summed E-state index contributed by atoms with van der Waals surface area (Å²) in [6.07, 6.45) is 5.29. The lowest BCUT2D eigenvalue weighted by Gasteiger charge is -2.13. The van der Waals surface area contributed by atoms with E-state index in [1.807, 2.05) is 13.0 Å². The van der Waals surface area contributed by atoms with Crippen molar-refractivity contribution in [3.8, 4) is 0 Å². The lowest BCUT2D eigenvalue weighted by atomic mass is 9.97. The predicted octanol–water partition coefficient (Wildman–Crippen LogP) is 3.55. The van der Waals surface area contributed by atoms with E-state index in [-0.39, 0.29) is 11.7 Å². The molecule has 1 atom stereocenters. The summed E-state index contributed by atoms with van der Waals surface area (Å²) in [5, 5.41) is 0. The summed E-state index contributed by atoms with van der Waals surface area (Å²) in [5.41, 5.74) is 0. The van der Waals surface area contributed by atoms with E-state index in [4.69, 9.17) is 0 Å². The Morgan fingerprint density at radius 2 is 2.50 bits per heavy atom. The van der Waals surface area contributed by atoms with Crippen molar-refractivity contribution >= 4 is 15.9 Å². The average molecular weight is 205 g/mol. The standard InChI is InChI=1S/C8H10BrF/c1-2-6-3-4-7(9)5-8(6)10/h4-6H,2-3H2,1H3. The van der Waals surface area contributed by atoms with E-state index in [1.54, 1.807) is 6.08 Å². The fourth-order valence-electron chi connectivity index (χ4n) is 1.04. The fraction of sp³-hybridized carbons (Fsp3) is 0.500. The molecule has 1 aliphatic rings. The highest BCUT2D eigenvalue weighted by Crippen LogP contribution is 2.29. The third-order valence-electron chi connectivity index (χ3n) is 1.76. The minimum absolute atomic E-state index is 0.0110. The van der Waals surface area contributed by atoms with Crippen LogP contribution in [-0.4, -0.2) is 0 Å². The molecule has 0 aromatic heterocycles. The summed E-state index contributed by atoms with van der Waals surface area (Å²) in [7, 11) is 0. The first-order valence-electron chi connectivity index (χ1n) is 3.46. The van der Waals surface area contributed by atoms with Crippen molar-refractivity contribution in [3.63, 3.8) is 0 Å². The van der Waals surface area contributed by atoms with Gasteiger partial charge in [0, 0.05) is 10.4 Å². The Hall–Kier alpha value is -0.110. The van der Waals surface area contributed by atoms with Crippen LogP contribution in [0.25, 0.3) is 0 Å². The molecule has 0 spiro atoms. The van der Waals surface area contributed by atoms with E-state index in [0.717, 1.165) is 17.3 Å². The molecule has 0 aromatic carbocycles. The quantitative estimate of drug-likeness (QED) is 0.614. The summed E-state index contributed by atoms with van der Waals surface area (Å²) in [5.74, 6) is 0.137. The fourth-order valence-corrected chi connectivity index (χ4v) is 1.44. The monoisotopic (exact) mass is 204 g/mol. The van der Waals surface area contributed by atoms with Crippen LogP contribution < -0.4 is 0 Å². The molecule has 0 saturated heterocycles. The molecule has 0 saturated carbocycles. The molecule has 0 amide bonds. The molecule has 0 radical (unpaired) electrons. The highest BCUT2D eigenvalue weighted by molar-refractivity contribution is 9.11. The summed E-state index contributed by atoms with van der Waals surface area (Å²) in [4.78, 5) is 0. The van der Waals surface area contributed by atoms with Crippen LogP contribution in [-0.2, 0) is 0 Å². The van der Waals surface area contributed by atoms with Gasteiger partial charge in [-0.25, -0.2) is 4.39 Å². The van der Waals surface area contributed by atoms with Crippen LogP contribution in [0, 0.1) is 5.92 Å². The van der Waals surface area contributed by atoms with Crippen molar-refractivity contribution < 1.29 is 4.39 Å². The second kappa shape index (κ2) is 3.33. The predicted molar refractivity (Wildman–Crippen MR) is 44.6 cm³/mol. The maximum absolute atomic E-state index is 12.9. The zero-order chi connectivity index (χ0) is 7.56. The topological polar surface area (TPSA) is 0 Å². The molecule has 0 heterocycles. The number of allylic oxidation sites excluding steroid dienone is 4. The molecule has 0 aliphatic heterocycles. The maximum atomic E-state index is 12.9. The minimum atomic E-state index is 0.0110. The zero-order valence-corrected chi connectivity index (χ0v) is 7.49. The number of hydrogen-bond donors (Lipinski definition) is 0. The molecule has 0 bridgehead atoms. The normalized spacial score (nSPS) is 25.7. The van der Waals surface area contributed by atoms with Crippen LogP contribution in [0.1, 0.15) is 19.8 Å². The Kier molecular flexibility index (Phi) is 2.66. The summed E-state index contributed by atoms with van der Waals surface area (Å²) >= 11 is 3.23. The van der Waals surface area contributed by atoms with E-state index in [0.29, 0.717) is 0 Å². The summed E-state index contributed by atoms with van der Waals surface area (Å²) in [6, 6.07) is 0. The van der Waals surface area contributed by atoms with E-state index in [2.05, 4.69) is 15.9 Å². The van der Waals surface area contributed by atoms with Crippen LogP contribution in [0.4, 0.5) is 4.39 Å². The highest BCUT2D eigenvalue weighted by atomic mass is 79.9. The average Bonchev–Trinajstić information content (AvgIpc) is 1.88. The van der Waals surface area contributed by atoms with Crippen molar-refractivity contribution in [1.29, 1.82) is 0 Å². The number of rotatable bonds is 1. The molecule has 1 rings (SSSR count). The summed E-state index contributed by atoms with van der Waals surface area (Å²) in [6.45, 7) is 2.01. The van der Waals surface area contributed by atoms with Crippen molar-refractivity contribution in [2.24, 2.45) is 5.92 Å². The number of hydrogen-bond acceptors (Lipinski definition) is 0. The number of halogens is 2. The van der Waals surface area contributed by atoms with Gasteiger partial charge in [0.2, 0.25) is 0 Å². The molecule has 0 nitrogen and oxygen atoms in total. The zero-order valence-electron chi connectivity index (χ0n) is 5.90. The van der Waals surface area contributed by atoms with Gasteiger partial charge in [-0.2, -0.15) is 0 Å². The smallest absolute Gasteiger partial charge is 0.104 e. The van der Waals surface area contributed by atoms with Gasteiger partial charge >= 0.3 is 0 Å². The van der Waals surface area contributed by atoms with Crippen LogP contribution in [0.2, 0.25) is 0 Å². The highest BCUT2D eigenvalue weighted by Gasteiger charge is 2.14. The van der Waals surface area contributed by atoms with E-state index >= 15 is 0 Å². The first-order valence-corrected chi connectivity index (χ1v) is 4.26. The van der Waals surface area contributed by atoms with Crippen LogP contribution in [0.3, 0.4) is 0 Å². The van der Waals surface area contributed by atoms with Crippen LogP contribution in [0.5, 0.6) is 0 Å². The Morgan fingerprint density at radius 1 is 1.80 bits per heavy atom. The second-order valence-corrected chi connectivity index (χ2v) is 3.37. The third-order valence-corrected chi connectivity index (χ3v) is 2.31.